The van der Waals surface area contributed by atoms with E-state index < -0.39 is 57.2 Å². The SMILES string of the molecule is CC(C)C(=O)N1C[C@H](S(=O)(=O)c2ccc(OCC(F)(F)F)cc2Cl)C[C@H]1C(=O)NC1(C#N)CC1. The molecule has 8 nitrogen and oxygen atoms in total. The number of halogens is 4. The number of likely N-dealkylation sites (tertiary alicyclic amines) is 1. The standard InChI is InChI=1S/C21H23ClF3N3O5S/c1-12(2)19(30)28-9-14(8-16(28)18(29)27-20(10-26)5-6-20)34(31,32)17-4-3-13(7-15(17)22)33-11-21(23,24)25/h3-4,7,12,14,16H,5-6,8-9,11H2,1-2H3,(H,27,29)/t14-,16+/m1/s1. The molecule has 3 rings (SSSR count). The first-order valence-corrected chi connectivity index (χ1v) is 12.4. The summed E-state index contributed by atoms with van der Waals surface area (Å²) in [4.78, 5) is 26.5. The van der Waals surface area contributed by atoms with Gasteiger partial charge in [-0.3, -0.25) is 9.59 Å². The molecule has 0 radical (unpaired) electrons. The Hall–Kier alpha value is -2.52. The second-order valence-corrected chi connectivity index (χ2v) is 11.3. The van der Waals surface area contributed by atoms with Gasteiger partial charge >= 0.3 is 6.18 Å². The molecule has 1 aromatic rings. The van der Waals surface area contributed by atoms with Gasteiger partial charge in [0.1, 0.15) is 17.3 Å². The van der Waals surface area contributed by atoms with Gasteiger partial charge in [0, 0.05) is 18.5 Å². The number of nitrogens with zero attached hydrogens (tertiary/aromatic N) is 2. The molecular weight excluding hydrogens is 499 g/mol. The molecule has 1 aromatic carbocycles. The first kappa shape index (κ1) is 26.1. The van der Waals surface area contributed by atoms with E-state index in [0.717, 1.165) is 18.2 Å². The van der Waals surface area contributed by atoms with Gasteiger partial charge in [0.15, 0.2) is 16.4 Å². The van der Waals surface area contributed by atoms with Crippen molar-refractivity contribution in [3.05, 3.63) is 23.2 Å². The fourth-order valence-electron chi connectivity index (χ4n) is 3.70. The second-order valence-electron chi connectivity index (χ2n) is 8.74. The molecule has 1 N–H and O–H groups in total. The topological polar surface area (TPSA) is 117 Å². The summed E-state index contributed by atoms with van der Waals surface area (Å²) in [5.41, 5.74) is -0.990. The minimum Gasteiger partial charge on any atom is -0.484 e. The van der Waals surface area contributed by atoms with Crippen molar-refractivity contribution in [2.45, 2.75) is 61.0 Å². The van der Waals surface area contributed by atoms with Crippen LogP contribution in [0.25, 0.3) is 0 Å². The van der Waals surface area contributed by atoms with Crippen LogP contribution in [-0.2, 0) is 19.4 Å². The number of alkyl halides is 3. The molecule has 0 aromatic heterocycles. The minimum absolute atomic E-state index is 0.212. The maximum Gasteiger partial charge on any atom is 0.422 e. The van der Waals surface area contributed by atoms with Gasteiger partial charge in [-0.1, -0.05) is 25.4 Å². The summed E-state index contributed by atoms with van der Waals surface area (Å²) in [5, 5.41) is 10.3. The van der Waals surface area contributed by atoms with Gasteiger partial charge in [-0.15, -0.1) is 0 Å². The Kier molecular flexibility index (Phi) is 7.11. The maximum absolute atomic E-state index is 13.3. The van der Waals surface area contributed by atoms with E-state index in [1.165, 1.54) is 4.90 Å². The zero-order valence-corrected chi connectivity index (χ0v) is 19.9. The first-order valence-electron chi connectivity index (χ1n) is 10.5. The Balaban J connectivity index is 1.84. The van der Waals surface area contributed by atoms with Crippen LogP contribution in [-0.4, -0.2) is 61.3 Å². The lowest BCUT2D eigenvalue weighted by molar-refractivity contribution is -0.153. The van der Waals surface area contributed by atoms with Gasteiger partial charge in [0.05, 0.1) is 21.2 Å². The molecule has 0 unspecified atom stereocenters. The summed E-state index contributed by atoms with van der Waals surface area (Å²) in [7, 11) is -4.17. The third-order valence-electron chi connectivity index (χ3n) is 5.72. The van der Waals surface area contributed by atoms with Crippen LogP contribution in [0.2, 0.25) is 5.02 Å². The minimum atomic E-state index is -4.58. The van der Waals surface area contributed by atoms with E-state index in [4.69, 9.17) is 11.6 Å². The molecule has 2 fully saturated rings. The summed E-state index contributed by atoms with van der Waals surface area (Å²) in [6.45, 7) is 1.41. The Bertz CT molecular complexity index is 1130. The Morgan fingerprint density at radius 3 is 2.50 bits per heavy atom. The normalized spacial score (nSPS) is 21.8. The molecule has 34 heavy (non-hydrogen) atoms. The number of benzene rings is 1. The van der Waals surface area contributed by atoms with Gasteiger partial charge in [-0.05, 0) is 31.4 Å². The van der Waals surface area contributed by atoms with Crippen molar-refractivity contribution < 1.29 is 35.9 Å². The van der Waals surface area contributed by atoms with Crippen LogP contribution in [0, 0.1) is 17.2 Å². The van der Waals surface area contributed by atoms with Crippen LogP contribution in [0.5, 0.6) is 5.75 Å². The van der Waals surface area contributed by atoms with Crippen LogP contribution >= 0.6 is 11.6 Å². The van der Waals surface area contributed by atoms with E-state index in [1.807, 2.05) is 6.07 Å². The van der Waals surface area contributed by atoms with E-state index in [0.29, 0.717) is 12.8 Å². The predicted octanol–water partition coefficient (Wildman–Crippen LogP) is 2.85. The van der Waals surface area contributed by atoms with E-state index >= 15 is 0 Å². The van der Waals surface area contributed by atoms with Crippen molar-refractivity contribution in [2.24, 2.45) is 5.92 Å². The molecule has 1 saturated heterocycles. The number of amides is 2. The highest BCUT2D eigenvalue weighted by Crippen LogP contribution is 2.37. The number of nitriles is 1. The van der Waals surface area contributed by atoms with Crippen LogP contribution in [0.15, 0.2) is 23.1 Å². The molecular formula is C21H23ClF3N3O5S. The highest BCUT2D eigenvalue weighted by molar-refractivity contribution is 7.92. The Morgan fingerprint density at radius 2 is 2.00 bits per heavy atom. The molecule has 0 spiro atoms. The largest absolute Gasteiger partial charge is 0.484 e. The zero-order valence-electron chi connectivity index (χ0n) is 18.4. The summed E-state index contributed by atoms with van der Waals surface area (Å²) < 4.78 is 68.3. The smallest absolute Gasteiger partial charge is 0.422 e. The lowest BCUT2D eigenvalue weighted by Crippen LogP contribution is -2.50. The Labute approximate surface area is 199 Å². The van der Waals surface area contributed by atoms with Crippen LogP contribution in [0.4, 0.5) is 13.2 Å². The van der Waals surface area contributed by atoms with Crippen molar-refractivity contribution >= 4 is 33.3 Å². The molecule has 2 aliphatic rings. The highest BCUT2D eigenvalue weighted by Gasteiger charge is 2.50. The number of hydrogen-bond acceptors (Lipinski definition) is 6. The van der Waals surface area contributed by atoms with Crippen molar-refractivity contribution in [3.63, 3.8) is 0 Å². The number of carbonyl (C=O) groups is 2. The van der Waals surface area contributed by atoms with Crippen molar-refractivity contribution in [2.75, 3.05) is 13.2 Å². The molecule has 186 valence electrons. The average molecular weight is 522 g/mol. The molecule has 1 aliphatic carbocycles. The molecule has 0 bridgehead atoms. The lowest BCUT2D eigenvalue weighted by atomic mass is 10.1. The first-order chi connectivity index (χ1) is 15.7. The second kappa shape index (κ2) is 9.26. The number of sulfone groups is 1. The highest BCUT2D eigenvalue weighted by atomic mass is 35.5. The van der Waals surface area contributed by atoms with Gasteiger partial charge in [-0.2, -0.15) is 18.4 Å². The molecule has 2 atom stereocenters. The zero-order chi connectivity index (χ0) is 25.5. The fourth-order valence-corrected chi connectivity index (χ4v) is 5.93. The predicted molar refractivity (Wildman–Crippen MR) is 115 cm³/mol. The summed E-state index contributed by atoms with van der Waals surface area (Å²) in [6.07, 6.45) is -3.84. The van der Waals surface area contributed by atoms with Gasteiger partial charge < -0.3 is 15.0 Å². The monoisotopic (exact) mass is 521 g/mol. The number of carbonyl (C=O) groups excluding carboxylic acids is 2. The molecule has 1 saturated carbocycles. The van der Waals surface area contributed by atoms with E-state index in [1.54, 1.807) is 13.8 Å². The summed E-state index contributed by atoms with van der Waals surface area (Å²) in [6, 6.07) is 4.00. The molecule has 13 heteroatoms. The molecule has 1 aliphatic heterocycles. The van der Waals surface area contributed by atoms with Crippen LogP contribution < -0.4 is 10.1 Å². The third-order valence-corrected chi connectivity index (χ3v) is 8.33. The van der Waals surface area contributed by atoms with E-state index in [2.05, 4.69) is 10.1 Å². The molecule has 2 amide bonds. The van der Waals surface area contributed by atoms with Crippen molar-refractivity contribution in [3.8, 4) is 11.8 Å². The van der Waals surface area contributed by atoms with E-state index in [-0.39, 0.29) is 28.6 Å². The fraction of sp³-hybridized carbons (Fsp3) is 0.571. The van der Waals surface area contributed by atoms with E-state index in [9.17, 15) is 36.4 Å². The molecule has 1 heterocycles. The van der Waals surface area contributed by atoms with Gasteiger partial charge in [0.25, 0.3) is 0 Å². The number of nitrogens with one attached hydrogen (secondary N) is 1. The van der Waals surface area contributed by atoms with Crippen LogP contribution in [0.1, 0.15) is 33.1 Å². The Morgan fingerprint density at radius 1 is 1.35 bits per heavy atom. The number of ether oxygens (including phenoxy) is 1. The van der Waals surface area contributed by atoms with Crippen molar-refractivity contribution in [1.82, 2.24) is 10.2 Å². The van der Waals surface area contributed by atoms with Crippen molar-refractivity contribution in [1.29, 1.82) is 5.26 Å². The quantitative estimate of drug-likeness (QED) is 0.590. The van der Waals surface area contributed by atoms with Crippen LogP contribution in [0.3, 0.4) is 0 Å². The average Bonchev–Trinajstić information content (AvgIpc) is 3.36. The lowest BCUT2D eigenvalue weighted by Gasteiger charge is -2.26. The number of hydrogen-bond donors (Lipinski definition) is 1. The summed E-state index contributed by atoms with van der Waals surface area (Å²) in [5.74, 6) is -1.78. The maximum atomic E-state index is 13.3. The van der Waals surface area contributed by atoms with Gasteiger partial charge in [0.2, 0.25) is 11.8 Å². The number of rotatable bonds is 7. The summed E-state index contributed by atoms with van der Waals surface area (Å²) >= 11 is 6.07. The van der Waals surface area contributed by atoms with Gasteiger partial charge in [-0.25, -0.2) is 8.42 Å². The third kappa shape index (κ3) is 5.58.